The molecule has 8 heteroatoms. The van der Waals surface area contributed by atoms with Crippen LogP contribution in [0.4, 0.5) is 11.4 Å². The molecule has 0 saturated carbocycles. The summed E-state index contributed by atoms with van der Waals surface area (Å²) >= 11 is 0. The van der Waals surface area contributed by atoms with E-state index in [1.54, 1.807) is 48.4 Å². The molecule has 0 bridgehead atoms. The molecule has 0 fully saturated rings. The largest absolute Gasteiger partial charge is 0.497 e. The molecule has 3 aromatic rings. The molecular formula is C27H26N2O6. The van der Waals surface area contributed by atoms with Crippen LogP contribution in [0.25, 0.3) is 0 Å². The van der Waals surface area contributed by atoms with Crippen molar-refractivity contribution in [2.24, 2.45) is 0 Å². The first-order valence-electron chi connectivity index (χ1n) is 11.2. The van der Waals surface area contributed by atoms with Crippen LogP contribution < -0.4 is 19.7 Å². The summed E-state index contributed by atoms with van der Waals surface area (Å²) in [4.78, 5) is 38.9. The van der Waals surface area contributed by atoms with E-state index in [0.29, 0.717) is 17.2 Å². The molecule has 1 heterocycles. The van der Waals surface area contributed by atoms with Crippen LogP contribution in [0, 0.1) is 0 Å². The Hall–Kier alpha value is -4.33. The van der Waals surface area contributed by atoms with Crippen LogP contribution in [0.5, 0.6) is 11.5 Å². The van der Waals surface area contributed by atoms with E-state index in [2.05, 4.69) is 5.32 Å². The maximum Gasteiger partial charge on any atom is 0.338 e. The van der Waals surface area contributed by atoms with Gasteiger partial charge in [0.1, 0.15) is 11.5 Å². The Morgan fingerprint density at radius 1 is 0.943 bits per heavy atom. The first kappa shape index (κ1) is 23.8. The zero-order valence-electron chi connectivity index (χ0n) is 19.5. The molecule has 3 aromatic carbocycles. The number of rotatable bonds is 8. The molecule has 4 rings (SSSR count). The lowest BCUT2D eigenvalue weighted by atomic mass is 10.1. The zero-order valence-corrected chi connectivity index (χ0v) is 19.5. The minimum Gasteiger partial charge on any atom is -0.497 e. The predicted molar refractivity (Wildman–Crippen MR) is 131 cm³/mol. The second-order valence-corrected chi connectivity index (χ2v) is 8.11. The van der Waals surface area contributed by atoms with Gasteiger partial charge in [0.25, 0.3) is 11.8 Å². The van der Waals surface area contributed by atoms with Gasteiger partial charge in [0.2, 0.25) is 0 Å². The first-order chi connectivity index (χ1) is 16.9. The average Bonchev–Trinajstić information content (AvgIpc) is 3.22. The van der Waals surface area contributed by atoms with Crippen LogP contribution in [-0.4, -0.2) is 44.1 Å². The third kappa shape index (κ3) is 5.78. The minimum absolute atomic E-state index is 0.0103. The van der Waals surface area contributed by atoms with Crippen molar-refractivity contribution in [3.05, 3.63) is 83.9 Å². The SMILES string of the molecule is COc1cccc(NC(=O)COc2ccc(C(=O)OCC(=O)N3c4ccccc4CC3C)cc2)c1. The highest BCUT2D eigenvalue weighted by atomic mass is 16.5. The number of hydrogen-bond donors (Lipinski definition) is 1. The van der Waals surface area contributed by atoms with Crippen molar-refractivity contribution >= 4 is 29.2 Å². The predicted octanol–water partition coefficient (Wildman–Crippen LogP) is 3.85. The second kappa shape index (κ2) is 10.7. The second-order valence-electron chi connectivity index (χ2n) is 8.11. The lowest BCUT2D eigenvalue weighted by Gasteiger charge is -2.22. The fourth-order valence-corrected chi connectivity index (χ4v) is 3.96. The Kier molecular flexibility index (Phi) is 7.30. The quantitative estimate of drug-likeness (QED) is 0.499. The lowest BCUT2D eigenvalue weighted by molar-refractivity contribution is -0.122. The van der Waals surface area contributed by atoms with Crippen LogP contribution >= 0.6 is 0 Å². The number of carbonyl (C=O) groups excluding carboxylic acids is 3. The van der Waals surface area contributed by atoms with Gasteiger partial charge in [-0.1, -0.05) is 24.3 Å². The molecular weight excluding hydrogens is 448 g/mol. The van der Waals surface area contributed by atoms with Crippen molar-refractivity contribution in [2.75, 3.05) is 30.5 Å². The van der Waals surface area contributed by atoms with Crippen molar-refractivity contribution < 1.29 is 28.6 Å². The maximum absolute atomic E-state index is 12.7. The Morgan fingerprint density at radius 3 is 2.49 bits per heavy atom. The van der Waals surface area contributed by atoms with Gasteiger partial charge in [-0.2, -0.15) is 0 Å². The van der Waals surface area contributed by atoms with E-state index in [1.165, 1.54) is 12.1 Å². The number of para-hydroxylation sites is 1. The number of nitrogens with one attached hydrogen (secondary N) is 1. The number of esters is 1. The van der Waals surface area contributed by atoms with Gasteiger partial charge in [0.15, 0.2) is 13.2 Å². The number of carbonyl (C=O) groups is 3. The number of hydrogen-bond acceptors (Lipinski definition) is 6. The number of benzene rings is 3. The van der Waals surface area contributed by atoms with E-state index < -0.39 is 5.97 Å². The number of ether oxygens (including phenoxy) is 3. The molecule has 0 aromatic heterocycles. The molecule has 180 valence electrons. The number of nitrogens with zero attached hydrogens (tertiary/aromatic N) is 1. The van der Waals surface area contributed by atoms with Crippen molar-refractivity contribution in [1.29, 1.82) is 0 Å². The summed E-state index contributed by atoms with van der Waals surface area (Å²) in [5, 5.41) is 2.72. The van der Waals surface area contributed by atoms with Crippen LogP contribution in [0.2, 0.25) is 0 Å². The molecule has 1 aliphatic rings. The number of amides is 2. The fourth-order valence-electron chi connectivity index (χ4n) is 3.96. The van der Waals surface area contributed by atoms with E-state index >= 15 is 0 Å². The molecule has 1 aliphatic heterocycles. The Morgan fingerprint density at radius 2 is 1.71 bits per heavy atom. The Labute approximate surface area is 203 Å². The standard InChI is InChI=1S/C27H26N2O6/c1-18-14-20-6-3-4-9-24(20)29(18)26(31)17-35-27(32)19-10-12-22(13-11-19)34-16-25(30)28-21-7-5-8-23(15-21)33-2/h3-13,15,18H,14,16-17H2,1-2H3,(H,28,30). The van der Waals surface area contributed by atoms with Crippen molar-refractivity contribution in [3.8, 4) is 11.5 Å². The van der Waals surface area contributed by atoms with Gasteiger partial charge in [-0.05, 0) is 61.4 Å². The van der Waals surface area contributed by atoms with Crippen LogP contribution in [0.15, 0.2) is 72.8 Å². The number of anilines is 2. The smallest absolute Gasteiger partial charge is 0.338 e. The molecule has 0 radical (unpaired) electrons. The minimum atomic E-state index is -0.610. The maximum atomic E-state index is 12.7. The highest BCUT2D eigenvalue weighted by Crippen LogP contribution is 2.31. The molecule has 1 N–H and O–H groups in total. The third-order valence-electron chi connectivity index (χ3n) is 5.62. The van der Waals surface area contributed by atoms with Gasteiger partial charge in [-0.3, -0.25) is 9.59 Å². The van der Waals surface area contributed by atoms with Crippen molar-refractivity contribution in [3.63, 3.8) is 0 Å². The van der Waals surface area contributed by atoms with E-state index in [9.17, 15) is 14.4 Å². The molecule has 8 nitrogen and oxygen atoms in total. The number of methoxy groups -OCH3 is 1. The summed E-state index contributed by atoms with van der Waals surface area (Å²) < 4.78 is 15.9. The summed E-state index contributed by atoms with van der Waals surface area (Å²) in [6.45, 7) is 1.42. The third-order valence-corrected chi connectivity index (χ3v) is 5.62. The van der Waals surface area contributed by atoms with Crippen LogP contribution in [0.3, 0.4) is 0 Å². The first-order valence-corrected chi connectivity index (χ1v) is 11.2. The van der Waals surface area contributed by atoms with Crippen molar-refractivity contribution in [2.45, 2.75) is 19.4 Å². The molecule has 1 atom stereocenters. The summed E-state index contributed by atoms with van der Waals surface area (Å²) in [5.74, 6) is -0.162. The summed E-state index contributed by atoms with van der Waals surface area (Å²) in [6, 6.07) is 20.9. The van der Waals surface area contributed by atoms with Gasteiger partial charge in [0.05, 0.1) is 12.7 Å². The van der Waals surface area contributed by atoms with E-state index in [0.717, 1.165) is 17.7 Å². The summed E-state index contributed by atoms with van der Waals surface area (Å²) in [7, 11) is 1.55. The van der Waals surface area contributed by atoms with Gasteiger partial charge >= 0.3 is 5.97 Å². The molecule has 0 spiro atoms. The molecule has 2 amide bonds. The highest BCUT2D eigenvalue weighted by molar-refractivity contribution is 5.99. The zero-order chi connectivity index (χ0) is 24.8. The van der Waals surface area contributed by atoms with Gasteiger partial charge in [-0.15, -0.1) is 0 Å². The molecule has 0 aliphatic carbocycles. The molecule has 1 unspecified atom stereocenters. The van der Waals surface area contributed by atoms with Crippen molar-refractivity contribution in [1.82, 2.24) is 0 Å². The van der Waals surface area contributed by atoms with E-state index in [4.69, 9.17) is 14.2 Å². The van der Waals surface area contributed by atoms with Crippen LogP contribution in [-0.2, 0) is 20.7 Å². The van der Waals surface area contributed by atoms with E-state index in [-0.39, 0.29) is 36.6 Å². The van der Waals surface area contributed by atoms with Gasteiger partial charge < -0.3 is 24.4 Å². The Balaban J connectivity index is 1.25. The fraction of sp³-hybridized carbons (Fsp3) is 0.222. The summed E-state index contributed by atoms with van der Waals surface area (Å²) in [5.41, 5.74) is 2.84. The lowest BCUT2D eigenvalue weighted by Crippen LogP contribution is -2.38. The Bertz CT molecular complexity index is 1220. The highest BCUT2D eigenvalue weighted by Gasteiger charge is 2.31. The normalized spacial score (nSPS) is 14.1. The summed E-state index contributed by atoms with van der Waals surface area (Å²) in [6.07, 6.45) is 0.773. The average molecular weight is 475 g/mol. The topological polar surface area (TPSA) is 94.2 Å². The monoisotopic (exact) mass is 474 g/mol. The molecule has 35 heavy (non-hydrogen) atoms. The molecule has 0 saturated heterocycles. The van der Waals surface area contributed by atoms with E-state index in [1.807, 2.05) is 31.2 Å². The number of fused-ring (bicyclic) bond motifs is 1. The van der Waals surface area contributed by atoms with Crippen LogP contribution in [0.1, 0.15) is 22.8 Å². The van der Waals surface area contributed by atoms with Gasteiger partial charge in [-0.25, -0.2) is 4.79 Å². The van der Waals surface area contributed by atoms with Gasteiger partial charge in [0, 0.05) is 23.5 Å².